The molecule has 0 aliphatic carbocycles. The second kappa shape index (κ2) is 7.13. The van der Waals surface area contributed by atoms with Gasteiger partial charge in [-0.2, -0.15) is 13.2 Å². The predicted octanol–water partition coefficient (Wildman–Crippen LogP) is 6.17. The molecule has 3 aromatic rings. The molecular weight excluding hydrogens is 377 g/mol. The Morgan fingerprint density at radius 3 is 2.54 bits per heavy atom. The molecule has 0 aliphatic heterocycles. The lowest BCUT2D eigenvalue weighted by molar-refractivity contribution is -0.141. The van der Waals surface area contributed by atoms with Gasteiger partial charge in [0.2, 0.25) is 0 Å². The van der Waals surface area contributed by atoms with Gasteiger partial charge in [-0.05, 0) is 24.3 Å². The van der Waals surface area contributed by atoms with Crippen molar-refractivity contribution in [3.8, 4) is 10.6 Å². The van der Waals surface area contributed by atoms with Crippen LogP contribution in [0.1, 0.15) is 10.6 Å². The summed E-state index contributed by atoms with van der Waals surface area (Å²) in [6, 6.07) is 9.99. The van der Waals surface area contributed by atoms with Gasteiger partial charge in [-0.1, -0.05) is 23.7 Å². The quantitative estimate of drug-likeness (QED) is 0.501. The van der Waals surface area contributed by atoms with Crippen LogP contribution in [-0.4, -0.2) is 9.97 Å². The molecule has 0 saturated carbocycles. The van der Waals surface area contributed by atoms with Gasteiger partial charge in [-0.25, -0.2) is 4.98 Å². The van der Waals surface area contributed by atoms with Crippen LogP contribution < -0.4 is 0 Å². The van der Waals surface area contributed by atoms with Crippen LogP contribution in [0, 0.1) is 0 Å². The molecule has 0 atom stereocenters. The molecule has 24 heavy (non-hydrogen) atoms. The van der Waals surface area contributed by atoms with Crippen molar-refractivity contribution >= 4 is 34.7 Å². The molecule has 3 rings (SSSR count). The Balaban J connectivity index is 1.69. The highest BCUT2D eigenvalue weighted by Crippen LogP contribution is 2.33. The molecule has 0 spiro atoms. The normalized spacial score (nSPS) is 11.7. The topological polar surface area (TPSA) is 25.8 Å². The molecule has 0 unspecified atom stereocenters. The van der Waals surface area contributed by atoms with Crippen molar-refractivity contribution in [3.63, 3.8) is 0 Å². The van der Waals surface area contributed by atoms with Gasteiger partial charge in [0.25, 0.3) is 0 Å². The van der Waals surface area contributed by atoms with Gasteiger partial charge in [-0.3, -0.25) is 4.98 Å². The van der Waals surface area contributed by atoms with Crippen molar-refractivity contribution in [1.29, 1.82) is 0 Å². The lowest BCUT2D eigenvalue weighted by atomic mass is 10.2. The maximum absolute atomic E-state index is 12.7. The largest absolute Gasteiger partial charge is 0.433 e. The minimum atomic E-state index is -4.43. The van der Waals surface area contributed by atoms with E-state index >= 15 is 0 Å². The van der Waals surface area contributed by atoms with Gasteiger partial charge in [0.05, 0.1) is 0 Å². The molecular formula is C16H10ClF3N2S2. The van der Waals surface area contributed by atoms with Crippen molar-refractivity contribution in [3.05, 3.63) is 64.4 Å². The van der Waals surface area contributed by atoms with Crippen molar-refractivity contribution < 1.29 is 13.2 Å². The van der Waals surface area contributed by atoms with Gasteiger partial charge in [0.1, 0.15) is 10.7 Å². The molecule has 0 bridgehead atoms. The fourth-order valence-electron chi connectivity index (χ4n) is 1.91. The third kappa shape index (κ3) is 4.28. The lowest BCUT2D eigenvalue weighted by Crippen LogP contribution is -2.07. The first-order valence-electron chi connectivity index (χ1n) is 6.78. The van der Waals surface area contributed by atoms with Gasteiger partial charge < -0.3 is 0 Å². The summed E-state index contributed by atoms with van der Waals surface area (Å²) in [5, 5.41) is 1.51. The summed E-state index contributed by atoms with van der Waals surface area (Å²) >= 11 is 8.69. The van der Waals surface area contributed by atoms with Gasteiger partial charge in [0, 0.05) is 38.5 Å². The monoisotopic (exact) mass is 386 g/mol. The first-order valence-corrected chi connectivity index (χ1v) is 8.96. The molecule has 2 heterocycles. The van der Waals surface area contributed by atoms with Gasteiger partial charge >= 0.3 is 6.18 Å². The van der Waals surface area contributed by atoms with Crippen LogP contribution in [0.3, 0.4) is 0 Å². The Morgan fingerprint density at radius 1 is 1.08 bits per heavy atom. The molecule has 2 nitrogen and oxygen atoms in total. The summed E-state index contributed by atoms with van der Waals surface area (Å²) in [7, 11) is 0. The highest BCUT2D eigenvalue weighted by molar-refractivity contribution is 7.98. The van der Waals surface area contributed by atoms with Crippen molar-refractivity contribution in [1.82, 2.24) is 9.97 Å². The van der Waals surface area contributed by atoms with Crippen molar-refractivity contribution in [2.24, 2.45) is 0 Å². The Morgan fingerprint density at radius 2 is 1.83 bits per heavy atom. The van der Waals surface area contributed by atoms with Gasteiger partial charge in [0.15, 0.2) is 0 Å². The summed E-state index contributed by atoms with van der Waals surface area (Å²) < 4.78 is 38.0. The van der Waals surface area contributed by atoms with Gasteiger partial charge in [-0.15, -0.1) is 23.1 Å². The third-order valence-corrected chi connectivity index (χ3v) is 5.57. The number of thiazole rings is 1. The molecule has 2 aromatic heterocycles. The standard InChI is InChI=1S/C16H10ClF3N2S2/c17-11-3-1-10(2-4-11)15-22-8-13(24-15)9-23-12-5-6-21-14(7-12)16(18,19)20/h1-8H,9H2. The average molecular weight is 387 g/mol. The second-order valence-electron chi connectivity index (χ2n) is 4.80. The second-order valence-corrected chi connectivity index (χ2v) is 7.40. The Labute approximate surface area is 149 Å². The summed E-state index contributed by atoms with van der Waals surface area (Å²) in [5.74, 6) is 0.548. The van der Waals surface area contributed by atoms with E-state index in [4.69, 9.17) is 11.6 Å². The van der Waals surface area contributed by atoms with E-state index in [2.05, 4.69) is 9.97 Å². The smallest absolute Gasteiger partial charge is 0.252 e. The van der Waals surface area contributed by atoms with E-state index in [9.17, 15) is 13.2 Å². The summed E-state index contributed by atoms with van der Waals surface area (Å²) in [4.78, 5) is 9.22. The van der Waals surface area contributed by atoms with E-state index in [0.29, 0.717) is 15.7 Å². The highest BCUT2D eigenvalue weighted by atomic mass is 35.5. The van der Waals surface area contributed by atoms with E-state index in [1.54, 1.807) is 24.4 Å². The van der Waals surface area contributed by atoms with E-state index < -0.39 is 11.9 Å². The van der Waals surface area contributed by atoms with Crippen LogP contribution in [0.2, 0.25) is 5.02 Å². The number of hydrogen-bond donors (Lipinski definition) is 0. The van der Waals surface area contributed by atoms with Crippen LogP contribution in [0.25, 0.3) is 10.6 Å². The Bertz CT molecular complexity index is 832. The molecule has 124 valence electrons. The van der Waals surface area contributed by atoms with Crippen molar-refractivity contribution in [2.45, 2.75) is 16.8 Å². The number of nitrogens with zero attached hydrogens (tertiary/aromatic N) is 2. The van der Waals surface area contributed by atoms with Crippen LogP contribution in [0.5, 0.6) is 0 Å². The fourth-order valence-corrected chi connectivity index (χ4v) is 3.90. The number of thioether (sulfide) groups is 1. The zero-order valence-corrected chi connectivity index (χ0v) is 14.4. The first-order chi connectivity index (χ1) is 11.4. The number of alkyl halides is 3. The Kier molecular flexibility index (Phi) is 5.12. The van der Waals surface area contributed by atoms with Crippen LogP contribution in [0.4, 0.5) is 13.2 Å². The number of halogens is 4. The maximum Gasteiger partial charge on any atom is 0.433 e. The van der Waals surface area contributed by atoms with Crippen LogP contribution in [0.15, 0.2) is 53.7 Å². The zero-order chi connectivity index (χ0) is 17.2. The SMILES string of the molecule is FC(F)(F)c1cc(SCc2cnc(-c3ccc(Cl)cc3)s2)ccn1. The van der Waals surface area contributed by atoms with E-state index in [0.717, 1.165) is 21.5 Å². The molecule has 0 N–H and O–H groups in total. The molecule has 0 aliphatic rings. The van der Waals surface area contributed by atoms with Crippen LogP contribution >= 0.6 is 34.7 Å². The number of benzene rings is 1. The fraction of sp³-hybridized carbons (Fsp3) is 0.125. The maximum atomic E-state index is 12.7. The van der Waals surface area contributed by atoms with Crippen LogP contribution in [-0.2, 0) is 11.9 Å². The minimum Gasteiger partial charge on any atom is -0.252 e. The molecule has 0 radical (unpaired) electrons. The number of aromatic nitrogens is 2. The third-order valence-electron chi connectivity index (χ3n) is 3.05. The number of pyridine rings is 1. The zero-order valence-electron chi connectivity index (χ0n) is 12.0. The number of hydrogen-bond acceptors (Lipinski definition) is 4. The Hall–Kier alpha value is -1.57. The van der Waals surface area contributed by atoms with E-state index in [1.165, 1.54) is 29.3 Å². The molecule has 0 fully saturated rings. The van der Waals surface area contributed by atoms with E-state index in [-0.39, 0.29) is 0 Å². The average Bonchev–Trinajstić information content (AvgIpc) is 3.02. The highest BCUT2D eigenvalue weighted by Gasteiger charge is 2.32. The molecule has 0 saturated heterocycles. The molecule has 8 heteroatoms. The van der Waals surface area contributed by atoms with E-state index in [1.807, 2.05) is 12.1 Å². The minimum absolute atomic E-state index is 0.527. The van der Waals surface area contributed by atoms with Crippen molar-refractivity contribution in [2.75, 3.05) is 0 Å². The molecule has 1 aromatic carbocycles. The number of rotatable bonds is 4. The predicted molar refractivity (Wildman–Crippen MR) is 91.4 cm³/mol. The summed E-state index contributed by atoms with van der Waals surface area (Å²) in [5.41, 5.74) is 0.0857. The molecule has 0 amide bonds. The lowest BCUT2D eigenvalue weighted by Gasteiger charge is -2.06. The summed E-state index contributed by atoms with van der Waals surface area (Å²) in [6.45, 7) is 0. The summed E-state index contributed by atoms with van der Waals surface area (Å²) in [6.07, 6.45) is -1.51. The first kappa shape index (κ1) is 17.3.